The largest absolute Gasteiger partial charge is 0.425 e. The molecule has 0 unspecified atom stereocenters. The van der Waals surface area contributed by atoms with Crippen molar-refractivity contribution < 1.29 is 19.2 Å². The summed E-state index contributed by atoms with van der Waals surface area (Å²) in [5.74, 6) is 0.0936. The topological polar surface area (TPSA) is 89.8 Å². The van der Waals surface area contributed by atoms with Gasteiger partial charge >= 0.3 is 6.09 Å². The number of benzene rings is 1. The average molecular weight is 354 g/mol. The van der Waals surface area contributed by atoms with Crippen molar-refractivity contribution in [1.29, 1.82) is 0 Å². The van der Waals surface area contributed by atoms with E-state index in [-0.39, 0.29) is 23.1 Å². The summed E-state index contributed by atoms with van der Waals surface area (Å²) in [5.41, 5.74) is 0.358. The monoisotopic (exact) mass is 354 g/mol. The molecule has 0 N–H and O–H groups in total. The van der Waals surface area contributed by atoms with Crippen molar-refractivity contribution in [3.05, 3.63) is 33.9 Å². The molecule has 1 aromatic rings. The highest BCUT2D eigenvalue weighted by atomic mass is 32.2. The van der Waals surface area contributed by atoms with Gasteiger partial charge in [-0.15, -0.1) is 0 Å². The van der Waals surface area contributed by atoms with Gasteiger partial charge in [-0.25, -0.2) is 4.79 Å². The number of Topliss-reactive ketones (excluding diaryl/α,β-unsaturated/α-hetero) is 1. The van der Waals surface area contributed by atoms with Crippen LogP contribution in [0.3, 0.4) is 0 Å². The van der Waals surface area contributed by atoms with Crippen LogP contribution in [-0.4, -0.2) is 32.9 Å². The lowest BCUT2D eigenvalue weighted by molar-refractivity contribution is -0.385. The van der Waals surface area contributed by atoms with E-state index in [4.69, 9.17) is 4.74 Å². The van der Waals surface area contributed by atoms with Crippen molar-refractivity contribution in [3.8, 4) is 5.75 Å². The van der Waals surface area contributed by atoms with E-state index >= 15 is 0 Å². The summed E-state index contributed by atoms with van der Waals surface area (Å²) in [5, 5.41) is 10.8. The Morgan fingerprint density at radius 3 is 2.38 bits per heavy atom. The number of aryl methyl sites for hydroxylation is 1. The van der Waals surface area contributed by atoms with Gasteiger partial charge in [0.15, 0.2) is 5.78 Å². The summed E-state index contributed by atoms with van der Waals surface area (Å²) in [6.45, 7) is 8.68. The Morgan fingerprint density at radius 1 is 1.33 bits per heavy atom. The maximum atomic E-state index is 12.2. The maximum absolute atomic E-state index is 12.2. The number of hydrogen-bond donors (Lipinski definition) is 0. The Balaban J connectivity index is 2.79. The zero-order chi connectivity index (χ0) is 18.7. The molecule has 0 aromatic heterocycles. The van der Waals surface area contributed by atoms with Gasteiger partial charge in [-0.3, -0.25) is 19.2 Å². The highest BCUT2D eigenvalue weighted by Crippen LogP contribution is 2.31. The molecule has 0 aliphatic heterocycles. The molecule has 0 atom stereocenters. The zero-order valence-corrected chi connectivity index (χ0v) is 15.5. The summed E-state index contributed by atoms with van der Waals surface area (Å²) in [4.78, 5) is 34.6. The first-order valence-electron chi connectivity index (χ1n) is 7.39. The Morgan fingerprint density at radius 2 is 1.92 bits per heavy atom. The third kappa shape index (κ3) is 4.95. The Bertz CT molecular complexity index is 658. The Labute approximate surface area is 145 Å². The molecule has 1 amide bonds. The van der Waals surface area contributed by atoms with Gasteiger partial charge in [0, 0.05) is 24.6 Å². The average Bonchev–Trinajstić information content (AvgIpc) is 2.45. The predicted molar refractivity (Wildman–Crippen MR) is 93.1 cm³/mol. The van der Waals surface area contributed by atoms with Crippen LogP contribution in [0.2, 0.25) is 0 Å². The number of ketones is 1. The highest BCUT2D eigenvalue weighted by Gasteiger charge is 2.33. The van der Waals surface area contributed by atoms with Gasteiger partial charge in [-0.2, -0.15) is 0 Å². The SMILES string of the molecule is Cc1cc(OC(=O)N(C)SC(C)(C)C(=O)C(C)C)ccc1[N+](=O)[O-]. The second kappa shape index (κ2) is 7.65. The standard InChI is InChI=1S/C16H22N2O5S/c1-10(2)14(19)16(4,5)24-17(6)15(20)23-12-7-8-13(18(21)22)11(3)9-12/h7-10H,1-6H3. The molecule has 0 fully saturated rings. The van der Waals surface area contributed by atoms with Gasteiger partial charge in [-0.05, 0) is 44.9 Å². The molecule has 0 aliphatic rings. The molecule has 132 valence electrons. The lowest BCUT2D eigenvalue weighted by atomic mass is 9.98. The molecule has 0 saturated heterocycles. The predicted octanol–water partition coefficient (Wildman–Crippen LogP) is 3.99. The first kappa shape index (κ1) is 20.0. The lowest BCUT2D eigenvalue weighted by Crippen LogP contribution is -2.37. The van der Waals surface area contributed by atoms with Crippen molar-refractivity contribution >= 4 is 29.5 Å². The van der Waals surface area contributed by atoms with Crippen molar-refractivity contribution in [2.75, 3.05) is 7.05 Å². The van der Waals surface area contributed by atoms with Crippen LogP contribution in [0, 0.1) is 23.0 Å². The number of amides is 1. The second-order valence-corrected chi connectivity index (χ2v) is 7.94. The third-order valence-corrected chi connectivity index (χ3v) is 4.39. The highest BCUT2D eigenvalue weighted by molar-refractivity contribution is 7.99. The fraction of sp³-hybridized carbons (Fsp3) is 0.500. The second-order valence-electron chi connectivity index (χ2n) is 6.19. The molecule has 0 spiro atoms. The van der Waals surface area contributed by atoms with Crippen LogP contribution in [0.25, 0.3) is 0 Å². The Hall–Kier alpha value is -2.09. The fourth-order valence-electron chi connectivity index (χ4n) is 2.18. The van der Waals surface area contributed by atoms with Crippen LogP contribution in [0.1, 0.15) is 33.3 Å². The molecule has 7 nitrogen and oxygen atoms in total. The normalized spacial score (nSPS) is 11.3. The molecule has 1 aromatic carbocycles. The molecule has 0 saturated carbocycles. The molecule has 0 aliphatic carbocycles. The molecule has 24 heavy (non-hydrogen) atoms. The molecule has 0 heterocycles. The van der Waals surface area contributed by atoms with E-state index in [2.05, 4.69) is 0 Å². The number of nitro benzene ring substituents is 1. The fourth-order valence-corrected chi connectivity index (χ4v) is 3.30. The van der Waals surface area contributed by atoms with Gasteiger partial charge in [0.1, 0.15) is 5.75 Å². The number of rotatable bonds is 6. The van der Waals surface area contributed by atoms with E-state index < -0.39 is 15.8 Å². The van der Waals surface area contributed by atoms with Gasteiger partial charge < -0.3 is 4.74 Å². The minimum atomic E-state index is -0.771. The number of ether oxygens (including phenoxy) is 1. The van der Waals surface area contributed by atoms with E-state index in [0.29, 0.717) is 5.56 Å². The lowest BCUT2D eigenvalue weighted by Gasteiger charge is -2.28. The van der Waals surface area contributed by atoms with E-state index in [1.807, 2.05) is 13.8 Å². The minimum absolute atomic E-state index is 0.0262. The smallest absolute Gasteiger partial charge is 0.410 e. The minimum Gasteiger partial charge on any atom is -0.410 e. The first-order chi connectivity index (χ1) is 11.0. The third-order valence-electron chi connectivity index (χ3n) is 3.31. The van der Waals surface area contributed by atoms with Crippen LogP contribution >= 0.6 is 11.9 Å². The molecule has 0 bridgehead atoms. The van der Waals surface area contributed by atoms with E-state index in [9.17, 15) is 19.7 Å². The van der Waals surface area contributed by atoms with E-state index in [0.717, 1.165) is 11.9 Å². The number of nitrogens with zero attached hydrogens (tertiary/aromatic N) is 2. The van der Waals surface area contributed by atoms with Gasteiger partial charge in [0.2, 0.25) is 0 Å². The molecule has 1 rings (SSSR count). The molecular formula is C16H22N2O5S. The zero-order valence-electron chi connectivity index (χ0n) is 14.7. The number of carbonyl (C=O) groups excluding carboxylic acids is 2. The quantitative estimate of drug-likeness (QED) is 0.436. The number of carbonyl (C=O) groups is 2. The van der Waals surface area contributed by atoms with Crippen LogP contribution in [0.15, 0.2) is 18.2 Å². The van der Waals surface area contributed by atoms with Gasteiger partial charge in [0.25, 0.3) is 5.69 Å². The van der Waals surface area contributed by atoms with Crippen LogP contribution < -0.4 is 4.74 Å². The van der Waals surface area contributed by atoms with E-state index in [1.165, 1.54) is 29.6 Å². The summed E-state index contributed by atoms with van der Waals surface area (Å²) in [7, 11) is 1.51. The maximum Gasteiger partial charge on any atom is 0.425 e. The first-order valence-corrected chi connectivity index (χ1v) is 8.17. The number of hydrogen-bond acceptors (Lipinski definition) is 6. The van der Waals surface area contributed by atoms with Crippen LogP contribution in [-0.2, 0) is 4.79 Å². The van der Waals surface area contributed by atoms with Crippen molar-refractivity contribution in [1.82, 2.24) is 4.31 Å². The summed E-state index contributed by atoms with van der Waals surface area (Å²) < 4.78 is 5.69. The van der Waals surface area contributed by atoms with Crippen LogP contribution in [0.5, 0.6) is 5.75 Å². The molecule has 8 heteroatoms. The van der Waals surface area contributed by atoms with Crippen molar-refractivity contribution in [2.24, 2.45) is 5.92 Å². The van der Waals surface area contributed by atoms with Gasteiger partial charge in [0.05, 0.1) is 9.67 Å². The Kier molecular flexibility index (Phi) is 6.36. The summed E-state index contributed by atoms with van der Waals surface area (Å²) >= 11 is 1.08. The van der Waals surface area contributed by atoms with Crippen molar-refractivity contribution in [2.45, 2.75) is 39.4 Å². The molecular weight excluding hydrogens is 332 g/mol. The summed E-state index contributed by atoms with van der Waals surface area (Å²) in [6, 6.07) is 4.09. The van der Waals surface area contributed by atoms with Crippen LogP contribution in [0.4, 0.5) is 10.5 Å². The van der Waals surface area contributed by atoms with E-state index in [1.54, 1.807) is 20.8 Å². The number of nitro groups is 1. The van der Waals surface area contributed by atoms with Gasteiger partial charge in [-0.1, -0.05) is 13.8 Å². The summed E-state index contributed by atoms with van der Waals surface area (Å²) in [6.07, 6.45) is -0.655. The van der Waals surface area contributed by atoms with Crippen molar-refractivity contribution in [3.63, 3.8) is 0 Å². The molecule has 0 radical (unpaired) electrons.